The van der Waals surface area contributed by atoms with Crippen molar-refractivity contribution in [2.24, 2.45) is 0 Å². The molecule has 0 unspecified atom stereocenters. The topological polar surface area (TPSA) is 12.0 Å². The van der Waals surface area contributed by atoms with Gasteiger partial charge < -0.3 is 5.32 Å². The fourth-order valence-electron chi connectivity index (χ4n) is 1.26. The summed E-state index contributed by atoms with van der Waals surface area (Å²) >= 11 is 16.8. The molecule has 0 amide bonds. The number of anilines is 1. The van der Waals surface area contributed by atoms with E-state index in [4.69, 9.17) is 23.2 Å². The first-order valence-electron chi connectivity index (χ1n) is 4.58. The van der Waals surface area contributed by atoms with Gasteiger partial charge in [-0.15, -0.1) is 11.3 Å². The first kappa shape index (κ1) is 12.2. The minimum atomic E-state index is 0.719. The van der Waals surface area contributed by atoms with E-state index in [1.807, 2.05) is 30.3 Å². The summed E-state index contributed by atoms with van der Waals surface area (Å²) in [4.78, 5) is 1.20. The minimum absolute atomic E-state index is 0.719. The molecule has 0 atom stereocenters. The van der Waals surface area contributed by atoms with Crippen molar-refractivity contribution in [2.45, 2.75) is 6.54 Å². The second-order valence-electron chi connectivity index (χ2n) is 3.18. The highest BCUT2D eigenvalue weighted by atomic mass is 79.9. The summed E-state index contributed by atoms with van der Waals surface area (Å²) < 4.78 is 1.77. The van der Waals surface area contributed by atoms with Crippen LogP contribution in [0.3, 0.4) is 0 Å². The van der Waals surface area contributed by atoms with Gasteiger partial charge in [0.05, 0.1) is 4.34 Å². The highest BCUT2D eigenvalue weighted by Crippen LogP contribution is 2.27. The molecule has 2 aromatic rings. The normalized spacial score (nSPS) is 10.4. The van der Waals surface area contributed by atoms with Crippen LogP contribution in [0.15, 0.2) is 34.8 Å². The molecule has 0 saturated heterocycles. The third-order valence-electron chi connectivity index (χ3n) is 2.01. The second-order valence-corrected chi connectivity index (χ2v) is 6.27. The summed E-state index contributed by atoms with van der Waals surface area (Å²) in [6.07, 6.45) is 0. The van der Waals surface area contributed by atoms with Crippen molar-refractivity contribution in [3.8, 4) is 0 Å². The van der Waals surface area contributed by atoms with Crippen LogP contribution in [0.5, 0.6) is 0 Å². The number of thiophene rings is 1. The molecule has 0 radical (unpaired) electrons. The van der Waals surface area contributed by atoms with Crippen molar-refractivity contribution in [2.75, 3.05) is 5.32 Å². The Labute approximate surface area is 117 Å². The molecule has 5 heteroatoms. The number of rotatable bonds is 3. The van der Waals surface area contributed by atoms with Crippen LogP contribution in [0.4, 0.5) is 5.69 Å². The number of benzene rings is 1. The molecular formula is C11H8BrCl2NS. The number of nitrogens with one attached hydrogen (secondary N) is 1. The molecule has 2 rings (SSSR count). The molecular weight excluding hydrogens is 329 g/mol. The Morgan fingerprint density at radius 2 is 2.00 bits per heavy atom. The molecule has 1 N–H and O–H groups in total. The first-order chi connectivity index (χ1) is 7.65. The summed E-state index contributed by atoms with van der Waals surface area (Å²) in [6.45, 7) is 0.762. The van der Waals surface area contributed by atoms with E-state index in [9.17, 15) is 0 Å². The van der Waals surface area contributed by atoms with Gasteiger partial charge in [0, 0.05) is 26.6 Å². The van der Waals surface area contributed by atoms with E-state index in [0.717, 1.165) is 26.1 Å². The maximum Gasteiger partial charge on any atom is 0.0931 e. The molecule has 0 bridgehead atoms. The van der Waals surface area contributed by atoms with Crippen molar-refractivity contribution < 1.29 is 0 Å². The van der Waals surface area contributed by atoms with Crippen LogP contribution in [-0.4, -0.2) is 0 Å². The van der Waals surface area contributed by atoms with Crippen LogP contribution in [-0.2, 0) is 6.54 Å². The fraction of sp³-hybridized carbons (Fsp3) is 0.0909. The van der Waals surface area contributed by atoms with Crippen molar-refractivity contribution >= 4 is 56.2 Å². The standard InChI is InChI=1S/C11H8BrCl2NS/c12-9-5-7(13)1-3-10(9)15-6-8-2-4-11(14)16-8/h1-5,15H,6H2. The number of hydrogen-bond acceptors (Lipinski definition) is 2. The van der Waals surface area contributed by atoms with Gasteiger partial charge >= 0.3 is 0 Å². The highest BCUT2D eigenvalue weighted by Gasteiger charge is 2.02. The van der Waals surface area contributed by atoms with E-state index >= 15 is 0 Å². The molecule has 0 aliphatic carbocycles. The predicted molar refractivity (Wildman–Crippen MR) is 75.8 cm³/mol. The third kappa shape index (κ3) is 3.14. The zero-order chi connectivity index (χ0) is 11.5. The van der Waals surface area contributed by atoms with E-state index in [1.54, 1.807) is 11.3 Å². The van der Waals surface area contributed by atoms with Crippen LogP contribution in [0.25, 0.3) is 0 Å². The van der Waals surface area contributed by atoms with Gasteiger partial charge in [-0.05, 0) is 46.3 Å². The van der Waals surface area contributed by atoms with E-state index in [1.165, 1.54) is 4.88 Å². The molecule has 0 spiro atoms. The van der Waals surface area contributed by atoms with Gasteiger partial charge in [0.1, 0.15) is 0 Å². The van der Waals surface area contributed by atoms with E-state index in [-0.39, 0.29) is 0 Å². The zero-order valence-corrected chi connectivity index (χ0v) is 12.1. The van der Waals surface area contributed by atoms with E-state index in [2.05, 4.69) is 21.2 Å². The van der Waals surface area contributed by atoms with Crippen LogP contribution in [0.1, 0.15) is 4.88 Å². The zero-order valence-electron chi connectivity index (χ0n) is 8.14. The van der Waals surface area contributed by atoms with E-state index < -0.39 is 0 Å². The predicted octanol–water partition coefficient (Wildman–Crippen LogP) is 5.43. The third-order valence-corrected chi connectivity index (χ3v) is 4.14. The molecule has 1 heterocycles. The van der Waals surface area contributed by atoms with Crippen LogP contribution < -0.4 is 5.32 Å². The fourth-order valence-corrected chi connectivity index (χ4v) is 3.11. The number of halogens is 3. The molecule has 16 heavy (non-hydrogen) atoms. The Bertz CT molecular complexity index is 498. The lowest BCUT2D eigenvalue weighted by atomic mass is 10.3. The van der Waals surface area contributed by atoms with Gasteiger partial charge in [-0.3, -0.25) is 0 Å². The molecule has 0 fully saturated rings. The maximum absolute atomic E-state index is 5.86. The summed E-state index contributed by atoms with van der Waals surface area (Å²) in [5.74, 6) is 0. The largest absolute Gasteiger partial charge is 0.379 e. The number of hydrogen-bond donors (Lipinski definition) is 1. The lowest BCUT2D eigenvalue weighted by Gasteiger charge is -2.07. The SMILES string of the molecule is Clc1ccc(NCc2ccc(Cl)s2)c(Br)c1. The quantitative estimate of drug-likeness (QED) is 0.788. The first-order valence-corrected chi connectivity index (χ1v) is 6.95. The van der Waals surface area contributed by atoms with Crippen LogP contribution in [0.2, 0.25) is 9.36 Å². The smallest absolute Gasteiger partial charge is 0.0931 e. The Morgan fingerprint density at radius 3 is 2.62 bits per heavy atom. The van der Waals surface area contributed by atoms with Crippen LogP contribution >= 0.6 is 50.5 Å². The molecule has 1 nitrogen and oxygen atoms in total. The minimum Gasteiger partial charge on any atom is -0.379 e. The average Bonchev–Trinajstić information content (AvgIpc) is 2.63. The average molecular weight is 337 g/mol. The van der Waals surface area contributed by atoms with Gasteiger partial charge in [0.2, 0.25) is 0 Å². The summed E-state index contributed by atoms with van der Waals surface area (Å²) in [6, 6.07) is 9.59. The van der Waals surface area contributed by atoms with Crippen molar-refractivity contribution in [1.29, 1.82) is 0 Å². The second kappa shape index (κ2) is 5.41. The van der Waals surface area contributed by atoms with Crippen LogP contribution in [0, 0.1) is 0 Å². The highest BCUT2D eigenvalue weighted by molar-refractivity contribution is 9.10. The Balaban J connectivity index is 2.04. The Morgan fingerprint density at radius 1 is 1.19 bits per heavy atom. The summed E-state index contributed by atoms with van der Waals surface area (Å²) in [5.41, 5.74) is 1.02. The lowest BCUT2D eigenvalue weighted by molar-refractivity contribution is 1.19. The summed E-state index contributed by atoms with van der Waals surface area (Å²) in [5, 5.41) is 4.04. The molecule has 0 saturated carbocycles. The molecule has 1 aromatic heterocycles. The Hall–Kier alpha value is -0.220. The molecule has 1 aromatic carbocycles. The Kier molecular flexibility index (Phi) is 4.14. The molecule has 0 aliphatic heterocycles. The van der Waals surface area contributed by atoms with Crippen molar-refractivity contribution in [3.05, 3.63) is 49.0 Å². The van der Waals surface area contributed by atoms with E-state index in [0.29, 0.717) is 0 Å². The lowest BCUT2D eigenvalue weighted by Crippen LogP contribution is -1.97. The van der Waals surface area contributed by atoms with Crippen molar-refractivity contribution in [1.82, 2.24) is 0 Å². The maximum atomic E-state index is 5.86. The van der Waals surface area contributed by atoms with Gasteiger partial charge in [0.15, 0.2) is 0 Å². The van der Waals surface area contributed by atoms with Gasteiger partial charge in [-0.1, -0.05) is 23.2 Å². The van der Waals surface area contributed by atoms with Gasteiger partial charge in [-0.2, -0.15) is 0 Å². The monoisotopic (exact) mass is 335 g/mol. The molecule has 84 valence electrons. The summed E-state index contributed by atoms with van der Waals surface area (Å²) in [7, 11) is 0. The van der Waals surface area contributed by atoms with Gasteiger partial charge in [0.25, 0.3) is 0 Å². The van der Waals surface area contributed by atoms with Gasteiger partial charge in [-0.25, -0.2) is 0 Å². The van der Waals surface area contributed by atoms with Crippen molar-refractivity contribution in [3.63, 3.8) is 0 Å². The molecule has 0 aliphatic rings.